The first-order valence-corrected chi connectivity index (χ1v) is 7.08. The summed E-state index contributed by atoms with van der Waals surface area (Å²) in [5.41, 5.74) is -0.00332. The topological polar surface area (TPSA) is 61.0 Å². The second kappa shape index (κ2) is 5.84. The Balaban J connectivity index is 1.97. The van der Waals surface area contributed by atoms with Crippen molar-refractivity contribution in [2.75, 3.05) is 19.6 Å². The monoisotopic (exact) mass is 306 g/mol. The fourth-order valence-corrected chi connectivity index (χ4v) is 2.66. The minimum atomic E-state index is -0.730. The van der Waals surface area contributed by atoms with Gasteiger partial charge in [0.05, 0.1) is 23.0 Å². The molecule has 0 unspecified atom stereocenters. The summed E-state index contributed by atoms with van der Waals surface area (Å²) in [5, 5.41) is 9.58. The van der Waals surface area contributed by atoms with Crippen molar-refractivity contribution in [1.29, 1.82) is 0 Å². The Morgan fingerprint density at radius 2 is 2.09 bits per heavy atom. The SMILES string of the molecule is C[C@@H]1CN(C(=O)c2cn[nH]c2-c2c(F)cccc2F)CCN1. The van der Waals surface area contributed by atoms with Crippen LogP contribution in [0.25, 0.3) is 11.3 Å². The second-order valence-electron chi connectivity index (χ2n) is 5.36. The normalized spacial score (nSPS) is 18.5. The van der Waals surface area contributed by atoms with Crippen LogP contribution < -0.4 is 5.32 Å². The van der Waals surface area contributed by atoms with E-state index in [-0.39, 0.29) is 28.8 Å². The van der Waals surface area contributed by atoms with Crippen molar-refractivity contribution in [3.05, 3.63) is 41.6 Å². The van der Waals surface area contributed by atoms with Gasteiger partial charge in [0.2, 0.25) is 0 Å². The third kappa shape index (κ3) is 2.59. The second-order valence-corrected chi connectivity index (χ2v) is 5.36. The van der Waals surface area contributed by atoms with Crippen molar-refractivity contribution >= 4 is 5.91 Å². The van der Waals surface area contributed by atoms with Crippen molar-refractivity contribution < 1.29 is 13.6 Å². The van der Waals surface area contributed by atoms with Crippen molar-refractivity contribution in [1.82, 2.24) is 20.4 Å². The van der Waals surface area contributed by atoms with E-state index in [1.165, 1.54) is 12.3 Å². The van der Waals surface area contributed by atoms with Crippen LogP contribution in [0.4, 0.5) is 8.78 Å². The van der Waals surface area contributed by atoms with Gasteiger partial charge >= 0.3 is 0 Å². The summed E-state index contributed by atoms with van der Waals surface area (Å²) < 4.78 is 27.9. The predicted molar refractivity (Wildman–Crippen MR) is 77.3 cm³/mol. The molecule has 0 bridgehead atoms. The Hall–Kier alpha value is -2.28. The van der Waals surface area contributed by atoms with E-state index in [4.69, 9.17) is 0 Å². The van der Waals surface area contributed by atoms with Crippen LogP contribution in [0, 0.1) is 11.6 Å². The average Bonchev–Trinajstić information content (AvgIpc) is 2.95. The van der Waals surface area contributed by atoms with Gasteiger partial charge < -0.3 is 10.2 Å². The number of carbonyl (C=O) groups excluding carboxylic acids is 1. The number of rotatable bonds is 2. The van der Waals surface area contributed by atoms with Gasteiger partial charge in [0, 0.05) is 25.7 Å². The molecule has 1 saturated heterocycles. The lowest BCUT2D eigenvalue weighted by atomic mass is 10.1. The Morgan fingerprint density at radius 1 is 1.36 bits per heavy atom. The molecule has 116 valence electrons. The molecule has 2 aromatic rings. The fourth-order valence-electron chi connectivity index (χ4n) is 2.66. The molecule has 0 spiro atoms. The van der Waals surface area contributed by atoms with E-state index < -0.39 is 11.6 Å². The molecule has 0 saturated carbocycles. The molecule has 1 atom stereocenters. The van der Waals surface area contributed by atoms with Crippen molar-refractivity contribution in [3.8, 4) is 11.3 Å². The number of hydrogen-bond acceptors (Lipinski definition) is 3. The van der Waals surface area contributed by atoms with Gasteiger partial charge in [-0.05, 0) is 19.1 Å². The zero-order valence-corrected chi connectivity index (χ0v) is 12.1. The average molecular weight is 306 g/mol. The van der Waals surface area contributed by atoms with Crippen LogP contribution in [0.3, 0.4) is 0 Å². The minimum absolute atomic E-state index is 0.0757. The van der Waals surface area contributed by atoms with Crippen LogP contribution in [-0.4, -0.2) is 46.7 Å². The molecule has 2 N–H and O–H groups in total. The maximum atomic E-state index is 13.9. The van der Waals surface area contributed by atoms with Crippen LogP contribution in [0.15, 0.2) is 24.4 Å². The van der Waals surface area contributed by atoms with Gasteiger partial charge in [-0.15, -0.1) is 0 Å². The number of nitrogens with one attached hydrogen (secondary N) is 2. The van der Waals surface area contributed by atoms with Gasteiger partial charge in [0.25, 0.3) is 5.91 Å². The van der Waals surface area contributed by atoms with E-state index in [2.05, 4.69) is 15.5 Å². The van der Waals surface area contributed by atoms with E-state index in [1.807, 2.05) is 6.92 Å². The summed E-state index contributed by atoms with van der Waals surface area (Å²) in [6.45, 7) is 3.76. The van der Waals surface area contributed by atoms with E-state index >= 15 is 0 Å². The highest BCUT2D eigenvalue weighted by atomic mass is 19.1. The number of amides is 1. The predicted octanol–water partition coefficient (Wildman–Crippen LogP) is 1.79. The molecular formula is C15H16F2N4O. The lowest BCUT2D eigenvalue weighted by molar-refractivity contribution is 0.0710. The van der Waals surface area contributed by atoms with Crippen LogP contribution in [0.5, 0.6) is 0 Å². The van der Waals surface area contributed by atoms with Gasteiger partial charge in [0.1, 0.15) is 11.6 Å². The first kappa shape index (κ1) is 14.6. The first-order chi connectivity index (χ1) is 10.6. The number of H-pyrrole nitrogens is 1. The Labute approximate surface area is 126 Å². The van der Waals surface area contributed by atoms with Crippen LogP contribution in [0.1, 0.15) is 17.3 Å². The number of aromatic amines is 1. The summed E-state index contributed by atoms with van der Waals surface area (Å²) in [6, 6.07) is 3.77. The lowest BCUT2D eigenvalue weighted by Gasteiger charge is -2.31. The van der Waals surface area contributed by atoms with E-state index in [9.17, 15) is 13.6 Å². The van der Waals surface area contributed by atoms with E-state index in [1.54, 1.807) is 4.90 Å². The minimum Gasteiger partial charge on any atom is -0.336 e. The number of benzene rings is 1. The molecule has 2 heterocycles. The fraction of sp³-hybridized carbons (Fsp3) is 0.333. The summed E-state index contributed by atoms with van der Waals surface area (Å²) in [5.74, 6) is -1.74. The molecule has 22 heavy (non-hydrogen) atoms. The molecule has 7 heteroatoms. The largest absolute Gasteiger partial charge is 0.336 e. The Morgan fingerprint density at radius 3 is 2.77 bits per heavy atom. The van der Waals surface area contributed by atoms with Crippen molar-refractivity contribution in [2.24, 2.45) is 0 Å². The highest BCUT2D eigenvalue weighted by Gasteiger charge is 2.27. The first-order valence-electron chi connectivity index (χ1n) is 7.08. The molecule has 1 amide bonds. The van der Waals surface area contributed by atoms with Gasteiger partial charge in [-0.2, -0.15) is 5.10 Å². The molecule has 1 fully saturated rings. The zero-order valence-electron chi connectivity index (χ0n) is 12.1. The van der Waals surface area contributed by atoms with Crippen LogP contribution in [-0.2, 0) is 0 Å². The van der Waals surface area contributed by atoms with Crippen molar-refractivity contribution in [2.45, 2.75) is 13.0 Å². The molecule has 1 aliphatic heterocycles. The highest BCUT2D eigenvalue weighted by molar-refractivity contribution is 6.00. The summed E-state index contributed by atoms with van der Waals surface area (Å²) >= 11 is 0. The summed E-state index contributed by atoms with van der Waals surface area (Å²) in [7, 11) is 0. The molecule has 3 rings (SSSR count). The molecule has 5 nitrogen and oxygen atoms in total. The summed E-state index contributed by atoms with van der Waals surface area (Å²) in [6.07, 6.45) is 1.32. The molecule has 0 aliphatic carbocycles. The number of piperazine rings is 1. The smallest absolute Gasteiger partial charge is 0.257 e. The molecular weight excluding hydrogens is 290 g/mol. The van der Waals surface area contributed by atoms with Gasteiger partial charge in [-0.1, -0.05) is 6.07 Å². The zero-order chi connectivity index (χ0) is 15.7. The third-order valence-electron chi connectivity index (χ3n) is 3.74. The Kier molecular flexibility index (Phi) is 3.89. The quantitative estimate of drug-likeness (QED) is 0.889. The number of nitrogens with zero attached hydrogens (tertiary/aromatic N) is 2. The molecule has 1 aromatic heterocycles. The van der Waals surface area contributed by atoms with Gasteiger partial charge in [-0.3, -0.25) is 9.89 Å². The molecule has 1 aromatic carbocycles. The number of carbonyl (C=O) groups is 1. The van der Waals surface area contributed by atoms with Crippen molar-refractivity contribution in [3.63, 3.8) is 0 Å². The highest BCUT2D eigenvalue weighted by Crippen LogP contribution is 2.28. The van der Waals surface area contributed by atoms with Crippen LogP contribution in [0.2, 0.25) is 0 Å². The Bertz CT molecular complexity index is 680. The van der Waals surface area contributed by atoms with E-state index in [0.717, 1.165) is 12.1 Å². The van der Waals surface area contributed by atoms with E-state index in [0.29, 0.717) is 19.6 Å². The van der Waals surface area contributed by atoms with Crippen LogP contribution >= 0.6 is 0 Å². The number of hydrogen-bond donors (Lipinski definition) is 2. The number of aromatic nitrogens is 2. The maximum Gasteiger partial charge on any atom is 0.257 e. The number of halogens is 2. The van der Waals surface area contributed by atoms with Gasteiger partial charge in [-0.25, -0.2) is 8.78 Å². The standard InChI is InChI=1S/C15H16F2N4O/c1-9-8-21(6-5-18-9)15(22)10-7-19-20-14(10)13-11(16)3-2-4-12(13)17/h2-4,7,9,18H,5-6,8H2,1H3,(H,19,20)/t9-/m1/s1. The summed E-state index contributed by atoms with van der Waals surface area (Å²) in [4.78, 5) is 14.3. The third-order valence-corrected chi connectivity index (χ3v) is 3.74. The molecule has 0 radical (unpaired) electrons. The molecule has 1 aliphatic rings. The van der Waals surface area contributed by atoms with Gasteiger partial charge in [0.15, 0.2) is 0 Å². The maximum absolute atomic E-state index is 13.9. The lowest BCUT2D eigenvalue weighted by Crippen LogP contribution is -2.51.